The Balaban J connectivity index is 1.71. The van der Waals surface area contributed by atoms with Gasteiger partial charge in [0.15, 0.2) is 5.78 Å². The zero-order valence-corrected chi connectivity index (χ0v) is 18.0. The molecule has 30 heavy (non-hydrogen) atoms. The molecule has 4 rings (SSSR count). The summed E-state index contributed by atoms with van der Waals surface area (Å²) in [6.45, 7) is 8.43. The number of anilines is 1. The fourth-order valence-corrected chi connectivity index (χ4v) is 4.14. The highest BCUT2D eigenvalue weighted by molar-refractivity contribution is 5.98. The van der Waals surface area contributed by atoms with E-state index in [1.165, 1.54) is 11.1 Å². The number of hydrogen-bond donors (Lipinski definition) is 0. The first-order valence-corrected chi connectivity index (χ1v) is 10.6. The van der Waals surface area contributed by atoms with Gasteiger partial charge in [-0.1, -0.05) is 74.5 Å². The summed E-state index contributed by atoms with van der Waals surface area (Å²) in [5.41, 5.74) is 5.44. The Morgan fingerprint density at radius 2 is 1.60 bits per heavy atom. The van der Waals surface area contributed by atoms with Crippen molar-refractivity contribution in [3.8, 4) is 5.75 Å². The van der Waals surface area contributed by atoms with Gasteiger partial charge >= 0.3 is 0 Å². The van der Waals surface area contributed by atoms with Crippen LogP contribution in [0.1, 0.15) is 54.2 Å². The smallest absolute Gasteiger partial charge is 0.163 e. The Kier molecular flexibility index (Phi) is 5.63. The lowest BCUT2D eigenvalue weighted by molar-refractivity contribution is 0.101. The number of carbonyl (C=O) groups is 1. The molecule has 3 aromatic rings. The standard InChI is InChI=1S/C27H29NO2/c1-20(29)23-16-25-24(17-26(23)30-19-22-12-8-5-9-13-22)27(2,3)14-15-28(25)18-21-10-6-4-7-11-21/h4-13,16-17H,14-15,18-19H2,1-3H3. The highest BCUT2D eigenvalue weighted by atomic mass is 16.5. The normalized spacial score (nSPS) is 14.8. The van der Waals surface area contributed by atoms with Crippen LogP contribution in [0.25, 0.3) is 0 Å². The molecule has 0 bridgehead atoms. The molecular formula is C27H29NO2. The van der Waals surface area contributed by atoms with E-state index < -0.39 is 0 Å². The zero-order valence-electron chi connectivity index (χ0n) is 18.0. The van der Waals surface area contributed by atoms with Crippen LogP contribution >= 0.6 is 0 Å². The number of nitrogens with zero attached hydrogens (tertiary/aromatic N) is 1. The average Bonchev–Trinajstić information content (AvgIpc) is 2.75. The number of ether oxygens (including phenoxy) is 1. The third-order valence-electron chi connectivity index (χ3n) is 6.01. The SMILES string of the molecule is CC(=O)c1cc2c(cc1OCc1ccccc1)C(C)(C)CCN2Cc1ccccc1. The van der Waals surface area contributed by atoms with Crippen LogP contribution in [0.15, 0.2) is 72.8 Å². The summed E-state index contributed by atoms with van der Waals surface area (Å²) in [6, 6.07) is 24.7. The summed E-state index contributed by atoms with van der Waals surface area (Å²) in [5.74, 6) is 0.712. The summed E-state index contributed by atoms with van der Waals surface area (Å²) >= 11 is 0. The average molecular weight is 400 g/mol. The molecule has 0 atom stereocenters. The molecule has 0 saturated heterocycles. The summed E-state index contributed by atoms with van der Waals surface area (Å²) in [5, 5.41) is 0. The van der Waals surface area contributed by atoms with E-state index in [1.54, 1.807) is 6.92 Å². The van der Waals surface area contributed by atoms with Gasteiger partial charge in [-0.05, 0) is 47.6 Å². The van der Waals surface area contributed by atoms with Crippen molar-refractivity contribution in [2.75, 3.05) is 11.4 Å². The third-order valence-corrected chi connectivity index (χ3v) is 6.01. The van der Waals surface area contributed by atoms with Gasteiger partial charge in [0.05, 0.1) is 5.56 Å². The fraction of sp³-hybridized carbons (Fsp3) is 0.296. The maximum absolute atomic E-state index is 12.5. The van der Waals surface area contributed by atoms with Crippen molar-refractivity contribution in [2.24, 2.45) is 0 Å². The first-order valence-electron chi connectivity index (χ1n) is 10.6. The highest BCUT2D eigenvalue weighted by Crippen LogP contribution is 2.43. The second-order valence-electron chi connectivity index (χ2n) is 8.74. The first kappa shape index (κ1) is 20.2. The molecule has 3 aromatic carbocycles. The lowest BCUT2D eigenvalue weighted by atomic mass is 9.77. The van der Waals surface area contributed by atoms with Gasteiger partial charge in [-0.25, -0.2) is 0 Å². The van der Waals surface area contributed by atoms with Crippen LogP contribution in [0, 0.1) is 0 Å². The van der Waals surface area contributed by atoms with E-state index in [0.29, 0.717) is 17.9 Å². The van der Waals surface area contributed by atoms with Crippen molar-refractivity contribution < 1.29 is 9.53 Å². The Morgan fingerprint density at radius 1 is 0.967 bits per heavy atom. The predicted octanol–water partition coefficient (Wildman–Crippen LogP) is 6.16. The Morgan fingerprint density at radius 3 is 2.23 bits per heavy atom. The van der Waals surface area contributed by atoms with Crippen LogP contribution in [-0.4, -0.2) is 12.3 Å². The maximum atomic E-state index is 12.5. The molecule has 1 heterocycles. The van der Waals surface area contributed by atoms with E-state index in [-0.39, 0.29) is 11.2 Å². The van der Waals surface area contributed by atoms with E-state index in [9.17, 15) is 4.79 Å². The van der Waals surface area contributed by atoms with Crippen LogP contribution in [0.5, 0.6) is 5.75 Å². The third kappa shape index (κ3) is 4.25. The molecule has 0 radical (unpaired) electrons. The number of benzene rings is 3. The number of ketones is 1. The summed E-state index contributed by atoms with van der Waals surface area (Å²) in [6.07, 6.45) is 1.06. The molecule has 1 aliphatic heterocycles. The van der Waals surface area contributed by atoms with Gasteiger partial charge in [0, 0.05) is 18.8 Å². The van der Waals surface area contributed by atoms with Gasteiger partial charge < -0.3 is 9.64 Å². The van der Waals surface area contributed by atoms with E-state index in [4.69, 9.17) is 4.74 Å². The van der Waals surface area contributed by atoms with Gasteiger partial charge in [0.1, 0.15) is 12.4 Å². The number of hydrogen-bond acceptors (Lipinski definition) is 3. The quantitative estimate of drug-likeness (QED) is 0.465. The molecule has 0 aliphatic carbocycles. The lowest BCUT2D eigenvalue weighted by Gasteiger charge is -2.41. The molecule has 154 valence electrons. The van der Waals surface area contributed by atoms with Crippen LogP contribution in [0.2, 0.25) is 0 Å². The largest absolute Gasteiger partial charge is 0.488 e. The summed E-state index contributed by atoms with van der Waals surface area (Å²) < 4.78 is 6.16. The zero-order chi connectivity index (χ0) is 21.1. The number of fused-ring (bicyclic) bond motifs is 1. The number of carbonyl (C=O) groups excluding carboxylic acids is 1. The monoisotopic (exact) mass is 399 g/mol. The molecule has 3 nitrogen and oxygen atoms in total. The Hall–Kier alpha value is -3.07. The summed E-state index contributed by atoms with van der Waals surface area (Å²) in [4.78, 5) is 14.9. The number of rotatable bonds is 6. The van der Waals surface area contributed by atoms with Crippen molar-refractivity contribution in [3.05, 3.63) is 95.1 Å². The Bertz CT molecular complexity index is 1030. The minimum Gasteiger partial charge on any atom is -0.488 e. The lowest BCUT2D eigenvalue weighted by Crippen LogP contribution is -2.37. The number of Topliss-reactive ketones (excluding diaryl/α,β-unsaturated/α-hetero) is 1. The molecule has 0 fully saturated rings. The second-order valence-corrected chi connectivity index (χ2v) is 8.74. The molecule has 0 spiro atoms. The maximum Gasteiger partial charge on any atom is 0.163 e. The van der Waals surface area contributed by atoms with Crippen molar-refractivity contribution >= 4 is 11.5 Å². The first-order chi connectivity index (χ1) is 14.4. The molecule has 0 N–H and O–H groups in total. The van der Waals surface area contributed by atoms with Crippen molar-refractivity contribution in [3.63, 3.8) is 0 Å². The van der Waals surface area contributed by atoms with Crippen molar-refractivity contribution in [1.82, 2.24) is 0 Å². The van der Waals surface area contributed by atoms with Crippen LogP contribution in [0.4, 0.5) is 5.69 Å². The van der Waals surface area contributed by atoms with E-state index in [0.717, 1.165) is 30.8 Å². The molecule has 0 aromatic heterocycles. The van der Waals surface area contributed by atoms with Crippen molar-refractivity contribution in [2.45, 2.75) is 45.8 Å². The van der Waals surface area contributed by atoms with E-state index in [2.05, 4.69) is 49.1 Å². The van der Waals surface area contributed by atoms with Crippen LogP contribution in [-0.2, 0) is 18.6 Å². The molecule has 0 amide bonds. The fourth-order valence-electron chi connectivity index (χ4n) is 4.14. The topological polar surface area (TPSA) is 29.5 Å². The predicted molar refractivity (Wildman–Crippen MR) is 122 cm³/mol. The van der Waals surface area contributed by atoms with Gasteiger partial charge in [-0.15, -0.1) is 0 Å². The van der Waals surface area contributed by atoms with Gasteiger partial charge in [-0.2, -0.15) is 0 Å². The van der Waals surface area contributed by atoms with Gasteiger partial charge in [-0.3, -0.25) is 4.79 Å². The second kappa shape index (κ2) is 8.35. The highest BCUT2D eigenvalue weighted by Gasteiger charge is 2.33. The molecule has 0 saturated carbocycles. The van der Waals surface area contributed by atoms with Crippen LogP contribution < -0.4 is 9.64 Å². The van der Waals surface area contributed by atoms with E-state index >= 15 is 0 Å². The minimum absolute atomic E-state index is 0.0305. The van der Waals surface area contributed by atoms with E-state index in [1.807, 2.05) is 42.5 Å². The van der Waals surface area contributed by atoms with Gasteiger partial charge in [0.2, 0.25) is 0 Å². The molecule has 3 heteroatoms. The van der Waals surface area contributed by atoms with Gasteiger partial charge in [0.25, 0.3) is 0 Å². The Labute approximate surface area is 179 Å². The minimum atomic E-state index is 0.0305. The molecular weight excluding hydrogens is 370 g/mol. The summed E-state index contributed by atoms with van der Waals surface area (Å²) in [7, 11) is 0. The molecule has 0 unspecified atom stereocenters. The van der Waals surface area contributed by atoms with Crippen LogP contribution in [0.3, 0.4) is 0 Å². The van der Waals surface area contributed by atoms with Crippen molar-refractivity contribution in [1.29, 1.82) is 0 Å². The molecule has 1 aliphatic rings.